The lowest BCUT2D eigenvalue weighted by Crippen LogP contribution is -2.34. The third kappa shape index (κ3) is 5.65. The molecule has 1 aliphatic carbocycles. The normalized spacial score (nSPS) is 14.3. The third-order valence-corrected chi connectivity index (χ3v) is 3.53. The molecule has 0 spiro atoms. The topological polar surface area (TPSA) is 29.5 Å². The second kappa shape index (κ2) is 7.57. The number of benzene rings is 1. The van der Waals surface area contributed by atoms with Crippen LogP contribution in [0.15, 0.2) is 35.9 Å². The molecular weight excluding hydrogens is 310 g/mol. The Balaban J connectivity index is 2.27. The van der Waals surface area contributed by atoms with Crippen LogP contribution in [0.25, 0.3) is 0 Å². The number of carbonyl (C=O) groups excluding carboxylic acids is 1. The van der Waals surface area contributed by atoms with Gasteiger partial charge in [0.05, 0.1) is 5.69 Å². The summed E-state index contributed by atoms with van der Waals surface area (Å²) in [4.78, 5) is 13.8. The highest BCUT2D eigenvalue weighted by Crippen LogP contribution is 2.21. The Morgan fingerprint density at radius 1 is 1.22 bits per heavy atom. The maximum atomic E-state index is 12.5. The summed E-state index contributed by atoms with van der Waals surface area (Å²) in [7, 11) is 0. The van der Waals surface area contributed by atoms with Crippen LogP contribution in [-0.2, 0) is 4.74 Å². The van der Waals surface area contributed by atoms with Crippen molar-refractivity contribution in [1.29, 1.82) is 0 Å². The van der Waals surface area contributed by atoms with Crippen molar-refractivity contribution in [3.05, 3.63) is 40.9 Å². The summed E-state index contributed by atoms with van der Waals surface area (Å²) in [5.41, 5.74) is 1.15. The molecule has 0 radical (unpaired) electrons. The summed E-state index contributed by atoms with van der Waals surface area (Å²) < 4.78 is 5.46. The molecule has 1 aromatic rings. The quantitative estimate of drug-likeness (QED) is 0.499. The Hall–Kier alpha value is -1.92. The van der Waals surface area contributed by atoms with E-state index < -0.39 is 11.7 Å². The average molecular weight is 332 g/mol. The number of amides is 1. The number of hydrogen-bond acceptors (Lipinski definition) is 2. The molecule has 23 heavy (non-hydrogen) atoms. The zero-order valence-corrected chi connectivity index (χ0v) is 14.6. The van der Waals surface area contributed by atoms with Crippen molar-refractivity contribution in [2.75, 3.05) is 4.90 Å². The molecule has 122 valence electrons. The standard InChI is InChI=1S/C19H22ClNO2/c1-19(2,3)23-18(22)21(17-11-9-16(20)10-12-17)14-13-15-7-5-4-6-8-15/h7,9-12H,4-6,8H2,1-3H3. The summed E-state index contributed by atoms with van der Waals surface area (Å²) in [6.07, 6.45) is 6.04. The van der Waals surface area contributed by atoms with Crippen LogP contribution in [-0.4, -0.2) is 11.7 Å². The minimum atomic E-state index is -0.576. The number of ether oxygens (including phenoxy) is 1. The number of rotatable bonds is 1. The van der Waals surface area contributed by atoms with Crippen molar-refractivity contribution in [3.63, 3.8) is 0 Å². The SMILES string of the molecule is CC(C)(C)OC(=O)N(C#CC1=CCCCC1)c1ccc(Cl)cc1. The molecule has 0 unspecified atom stereocenters. The zero-order valence-electron chi connectivity index (χ0n) is 13.9. The fraction of sp³-hybridized carbons (Fsp3) is 0.421. The lowest BCUT2D eigenvalue weighted by atomic mass is 10.0. The molecule has 1 aromatic carbocycles. The van der Waals surface area contributed by atoms with Crippen LogP contribution in [0.3, 0.4) is 0 Å². The van der Waals surface area contributed by atoms with E-state index in [1.165, 1.54) is 11.3 Å². The van der Waals surface area contributed by atoms with Crippen LogP contribution >= 0.6 is 11.6 Å². The van der Waals surface area contributed by atoms with E-state index in [1.807, 2.05) is 20.8 Å². The van der Waals surface area contributed by atoms with Crippen LogP contribution in [0.2, 0.25) is 5.02 Å². The van der Waals surface area contributed by atoms with Gasteiger partial charge in [-0.3, -0.25) is 0 Å². The Morgan fingerprint density at radius 3 is 2.48 bits per heavy atom. The van der Waals surface area contributed by atoms with Crippen molar-refractivity contribution in [3.8, 4) is 12.0 Å². The lowest BCUT2D eigenvalue weighted by Gasteiger charge is -2.23. The van der Waals surface area contributed by atoms with E-state index in [9.17, 15) is 4.79 Å². The first kappa shape index (κ1) is 17.4. The number of allylic oxidation sites excluding steroid dienone is 2. The van der Waals surface area contributed by atoms with Gasteiger partial charge in [0.2, 0.25) is 0 Å². The van der Waals surface area contributed by atoms with E-state index in [0.29, 0.717) is 10.7 Å². The molecule has 0 aromatic heterocycles. The molecule has 0 N–H and O–H groups in total. The van der Waals surface area contributed by atoms with Gasteiger partial charge in [0.25, 0.3) is 0 Å². The molecule has 1 aliphatic rings. The first-order valence-corrected chi connectivity index (χ1v) is 8.22. The number of anilines is 1. The molecule has 0 heterocycles. The monoisotopic (exact) mass is 331 g/mol. The number of nitrogens with zero attached hydrogens (tertiary/aromatic N) is 1. The highest BCUT2D eigenvalue weighted by Gasteiger charge is 2.22. The van der Waals surface area contributed by atoms with Crippen molar-refractivity contribution in [2.45, 2.75) is 52.1 Å². The molecule has 4 heteroatoms. The van der Waals surface area contributed by atoms with Gasteiger partial charge < -0.3 is 4.74 Å². The van der Waals surface area contributed by atoms with Gasteiger partial charge in [-0.25, -0.2) is 9.69 Å². The number of carbonyl (C=O) groups is 1. The number of hydrogen-bond donors (Lipinski definition) is 0. The van der Waals surface area contributed by atoms with Crippen molar-refractivity contribution in [2.24, 2.45) is 0 Å². The van der Waals surface area contributed by atoms with Gasteiger partial charge in [0.1, 0.15) is 5.60 Å². The fourth-order valence-electron chi connectivity index (χ4n) is 2.19. The van der Waals surface area contributed by atoms with E-state index >= 15 is 0 Å². The van der Waals surface area contributed by atoms with Crippen LogP contribution in [0.4, 0.5) is 10.5 Å². The maximum Gasteiger partial charge on any atom is 0.426 e. The Morgan fingerprint density at radius 2 is 1.91 bits per heavy atom. The fourth-order valence-corrected chi connectivity index (χ4v) is 2.32. The minimum absolute atomic E-state index is 0.483. The molecule has 0 aliphatic heterocycles. The maximum absolute atomic E-state index is 12.5. The molecule has 0 saturated carbocycles. The Labute approximate surface area is 143 Å². The van der Waals surface area contributed by atoms with Crippen LogP contribution in [0.5, 0.6) is 0 Å². The molecule has 0 fully saturated rings. The van der Waals surface area contributed by atoms with Gasteiger partial charge in [-0.2, -0.15) is 0 Å². The molecule has 0 atom stereocenters. The summed E-state index contributed by atoms with van der Waals surface area (Å²) in [6, 6.07) is 9.93. The van der Waals surface area contributed by atoms with Crippen molar-refractivity contribution >= 4 is 23.4 Å². The first-order valence-electron chi connectivity index (χ1n) is 7.84. The lowest BCUT2D eigenvalue weighted by molar-refractivity contribution is 0.0600. The molecular formula is C19H22ClNO2. The molecule has 1 amide bonds. The summed E-state index contributed by atoms with van der Waals surface area (Å²) in [5, 5.41) is 0.612. The van der Waals surface area contributed by atoms with Gasteiger partial charge in [0, 0.05) is 11.1 Å². The van der Waals surface area contributed by atoms with Crippen molar-refractivity contribution < 1.29 is 9.53 Å². The third-order valence-electron chi connectivity index (χ3n) is 3.28. The highest BCUT2D eigenvalue weighted by atomic mass is 35.5. The van der Waals surface area contributed by atoms with E-state index in [4.69, 9.17) is 16.3 Å². The molecule has 2 rings (SSSR count). The molecule has 0 bridgehead atoms. The molecule has 3 nitrogen and oxygen atoms in total. The summed E-state index contributed by atoms with van der Waals surface area (Å²) in [5.74, 6) is 3.10. The van der Waals surface area contributed by atoms with Crippen LogP contribution in [0, 0.1) is 12.0 Å². The van der Waals surface area contributed by atoms with Crippen LogP contribution < -0.4 is 4.90 Å². The predicted octanol–water partition coefficient (Wildman–Crippen LogP) is 5.54. The minimum Gasteiger partial charge on any atom is -0.443 e. The van der Waals surface area contributed by atoms with Gasteiger partial charge in [-0.05, 0) is 82.2 Å². The Kier molecular flexibility index (Phi) is 5.74. The smallest absolute Gasteiger partial charge is 0.426 e. The van der Waals surface area contributed by atoms with Gasteiger partial charge >= 0.3 is 6.09 Å². The van der Waals surface area contributed by atoms with Gasteiger partial charge in [-0.1, -0.05) is 17.7 Å². The first-order chi connectivity index (χ1) is 10.8. The van der Waals surface area contributed by atoms with Crippen LogP contribution in [0.1, 0.15) is 46.5 Å². The summed E-state index contributed by atoms with van der Waals surface area (Å²) in [6.45, 7) is 5.51. The van der Waals surface area contributed by atoms with E-state index in [2.05, 4.69) is 18.0 Å². The van der Waals surface area contributed by atoms with Gasteiger partial charge in [-0.15, -0.1) is 0 Å². The Bertz CT molecular complexity index is 645. The average Bonchev–Trinajstić information content (AvgIpc) is 2.48. The van der Waals surface area contributed by atoms with Gasteiger partial charge in [0.15, 0.2) is 0 Å². The van der Waals surface area contributed by atoms with E-state index in [1.54, 1.807) is 24.3 Å². The second-order valence-corrected chi connectivity index (χ2v) is 6.94. The number of halogens is 1. The van der Waals surface area contributed by atoms with E-state index in [0.717, 1.165) is 24.8 Å². The zero-order chi connectivity index (χ0) is 16.9. The van der Waals surface area contributed by atoms with E-state index in [-0.39, 0.29) is 0 Å². The summed E-state index contributed by atoms with van der Waals surface area (Å²) >= 11 is 5.92. The second-order valence-electron chi connectivity index (χ2n) is 6.50. The molecule has 0 saturated heterocycles. The largest absolute Gasteiger partial charge is 0.443 e. The highest BCUT2D eigenvalue weighted by molar-refractivity contribution is 6.30. The predicted molar refractivity (Wildman–Crippen MR) is 94.5 cm³/mol. The van der Waals surface area contributed by atoms with Crippen molar-refractivity contribution in [1.82, 2.24) is 0 Å².